The van der Waals surface area contributed by atoms with Crippen LogP contribution in [0.1, 0.15) is 84.6 Å². The van der Waals surface area contributed by atoms with E-state index in [0.29, 0.717) is 0 Å². The zero-order chi connectivity index (χ0) is 17.9. The molecule has 1 aliphatic rings. The molecule has 2 rings (SSSR count). The van der Waals surface area contributed by atoms with Gasteiger partial charge in [0.2, 0.25) is 0 Å². The summed E-state index contributed by atoms with van der Waals surface area (Å²) in [6.45, 7) is 10.2. The number of nitrogen functional groups attached to an aromatic ring is 1. The van der Waals surface area contributed by atoms with E-state index in [0.717, 1.165) is 18.4 Å². The van der Waals surface area contributed by atoms with E-state index in [2.05, 4.69) is 13.8 Å². The van der Waals surface area contributed by atoms with Gasteiger partial charge in [0.15, 0.2) is 0 Å². The van der Waals surface area contributed by atoms with Crippen LogP contribution in [0, 0.1) is 12.8 Å². The minimum absolute atomic E-state index is 0.255. The maximum atomic E-state index is 9.74. The highest BCUT2D eigenvalue weighted by Gasteiger charge is 1.95. The van der Waals surface area contributed by atoms with Crippen molar-refractivity contribution < 1.29 is 4.79 Å². The number of aryl methyl sites for hydroxylation is 1. The lowest BCUT2D eigenvalue weighted by atomic mass is 10.0. The van der Waals surface area contributed by atoms with Crippen LogP contribution in [0.25, 0.3) is 0 Å². The van der Waals surface area contributed by atoms with Gasteiger partial charge in [-0.3, -0.25) is 0 Å². The first-order valence-electron chi connectivity index (χ1n) is 9.29. The van der Waals surface area contributed by atoms with E-state index in [1.165, 1.54) is 50.5 Å². The summed E-state index contributed by atoms with van der Waals surface area (Å²) in [5.41, 5.74) is 7.51. The molecule has 134 valence electrons. The Morgan fingerprint density at radius 3 is 1.65 bits per heavy atom. The molecule has 1 aromatic rings. The molecular formula is C21H39NO. The third-order valence-electron chi connectivity index (χ3n) is 3.42. The number of benzene rings is 1. The van der Waals surface area contributed by atoms with E-state index in [1.807, 2.05) is 45.0 Å². The van der Waals surface area contributed by atoms with E-state index >= 15 is 0 Å². The second kappa shape index (κ2) is 18.7. The van der Waals surface area contributed by atoms with Gasteiger partial charge in [0, 0.05) is 11.6 Å². The predicted octanol–water partition coefficient (Wildman–Crippen LogP) is 6.57. The maximum absolute atomic E-state index is 9.74. The number of hydrogen-bond donors (Lipinski definition) is 1. The molecule has 0 radical (unpaired) electrons. The first kappa shape index (κ1) is 23.9. The van der Waals surface area contributed by atoms with Gasteiger partial charge in [-0.05, 0) is 31.0 Å². The Kier molecular flexibility index (Phi) is 19.5. The normalized spacial score (nSPS) is 13.8. The number of rotatable bonds is 2. The van der Waals surface area contributed by atoms with Crippen LogP contribution in [-0.2, 0) is 4.79 Å². The molecule has 2 nitrogen and oxygen atoms in total. The summed E-state index contributed by atoms with van der Waals surface area (Å²) < 4.78 is 0. The summed E-state index contributed by atoms with van der Waals surface area (Å²) in [4.78, 5) is 9.74. The van der Waals surface area contributed by atoms with Crippen LogP contribution < -0.4 is 5.73 Å². The summed E-state index contributed by atoms with van der Waals surface area (Å²) in [6, 6.07) is 7.80. The molecule has 2 heteroatoms. The summed E-state index contributed by atoms with van der Waals surface area (Å²) in [5, 5.41) is 0. The molecule has 1 fully saturated rings. The van der Waals surface area contributed by atoms with Crippen molar-refractivity contribution in [3.05, 3.63) is 29.8 Å². The lowest BCUT2D eigenvalue weighted by Crippen LogP contribution is -1.89. The average Bonchev–Trinajstić information content (AvgIpc) is 2.57. The summed E-state index contributed by atoms with van der Waals surface area (Å²) >= 11 is 0. The van der Waals surface area contributed by atoms with Gasteiger partial charge in [-0.15, -0.1) is 0 Å². The van der Waals surface area contributed by atoms with Crippen molar-refractivity contribution in [1.82, 2.24) is 0 Å². The molecule has 2 N–H and O–H groups in total. The fourth-order valence-corrected chi connectivity index (χ4v) is 1.83. The van der Waals surface area contributed by atoms with Crippen molar-refractivity contribution in [2.75, 3.05) is 5.73 Å². The molecule has 23 heavy (non-hydrogen) atoms. The van der Waals surface area contributed by atoms with Crippen LogP contribution >= 0.6 is 0 Å². The van der Waals surface area contributed by atoms with Crippen molar-refractivity contribution >= 4 is 12.0 Å². The van der Waals surface area contributed by atoms with Crippen molar-refractivity contribution in [2.45, 2.75) is 86.0 Å². The number of carbonyl (C=O) groups excluding carboxylic acids is 1. The predicted molar refractivity (Wildman–Crippen MR) is 105 cm³/mol. The van der Waals surface area contributed by atoms with Crippen molar-refractivity contribution in [3.8, 4) is 0 Å². The van der Waals surface area contributed by atoms with Crippen LogP contribution in [0.2, 0.25) is 0 Å². The Labute approximate surface area is 144 Å². The van der Waals surface area contributed by atoms with E-state index in [4.69, 9.17) is 5.73 Å². The van der Waals surface area contributed by atoms with Gasteiger partial charge < -0.3 is 10.5 Å². The van der Waals surface area contributed by atoms with Gasteiger partial charge in [-0.1, -0.05) is 84.8 Å². The van der Waals surface area contributed by atoms with Crippen LogP contribution in [0.5, 0.6) is 0 Å². The Morgan fingerprint density at radius 1 is 1.04 bits per heavy atom. The Morgan fingerprint density at radius 2 is 1.48 bits per heavy atom. The topological polar surface area (TPSA) is 43.1 Å². The second-order valence-corrected chi connectivity index (χ2v) is 6.26. The third-order valence-corrected chi connectivity index (χ3v) is 3.42. The zero-order valence-electron chi connectivity index (χ0n) is 16.1. The van der Waals surface area contributed by atoms with Gasteiger partial charge in [0.25, 0.3) is 0 Å². The van der Waals surface area contributed by atoms with Gasteiger partial charge in [0.05, 0.1) is 0 Å². The van der Waals surface area contributed by atoms with Crippen molar-refractivity contribution in [1.29, 1.82) is 0 Å². The van der Waals surface area contributed by atoms with Crippen molar-refractivity contribution in [3.63, 3.8) is 0 Å². The van der Waals surface area contributed by atoms with E-state index in [9.17, 15) is 4.79 Å². The van der Waals surface area contributed by atoms with Gasteiger partial charge in [-0.2, -0.15) is 0 Å². The van der Waals surface area contributed by atoms with Gasteiger partial charge in [-0.25, -0.2) is 0 Å². The molecular weight excluding hydrogens is 282 g/mol. The fraction of sp³-hybridized carbons (Fsp3) is 0.667. The van der Waals surface area contributed by atoms with Gasteiger partial charge in [0.1, 0.15) is 6.29 Å². The maximum Gasteiger partial charge on any atom is 0.122 e. The summed E-state index contributed by atoms with van der Waals surface area (Å²) in [7, 11) is 0. The Balaban J connectivity index is 0. The van der Waals surface area contributed by atoms with Crippen LogP contribution in [0.15, 0.2) is 24.3 Å². The third kappa shape index (κ3) is 20.7. The molecule has 0 saturated heterocycles. The Hall–Kier alpha value is -1.31. The zero-order valence-corrected chi connectivity index (χ0v) is 16.1. The lowest BCUT2D eigenvalue weighted by molar-refractivity contribution is -0.110. The fourth-order valence-electron chi connectivity index (χ4n) is 1.83. The molecule has 0 aliphatic heterocycles. The molecule has 1 unspecified atom stereocenters. The van der Waals surface area contributed by atoms with E-state index in [-0.39, 0.29) is 5.92 Å². The standard InChI is InChI=1S/C7H9N.C6H12.C5H10O.C3H8/c1-6-3-2-4-7(8)5-6;1-2-4-6-5-3-1;1-3-5(2)4-6;1-3-2/h2-5H,8H2,1H3;1-6H2;4-5H,3H2,1-2H3;3H2,1-2H3. The number of anilines is 1. The first-order valence-corrected chi connectivity index (χ1v) is 9.29. The number of carbonyl (C=O) groups is 1. The molecule has 0 amide bonds. The molecule has 1 atom stereocenters. The molecule has 1 aliphatic carbocycles. The summed E-state index contributed by atoms with van der Waals surface area (Å²) in [6.07, 6.45) is 12.2. The monoisotopic (exact) mass is 321 g/mol. The molecule has 0 spiro atoms. The molecule has 0 aromatic heterocycles. The number of hydrogen-bond acceptors (Lipinski definition) is 2. The largest absolute Gasteiger partial charge is 0.399 e. The molecule has 0 bridgehead atoms. The van der Waals surface area contributed by atoms with E-state index < -0.39 is 0 Å². The molecule has 1 aromatic carbocycles. The highest BCUT2D eigenvalue weighted by molar-refractivity contribution is 5.52. The molecule has 0 heterocycles. The van der Waals surface area contributed by atoms with Crippen molar-refractivity contribution in [2.24, 2.45) is 5.92 Å². The smallest absolute Gasteiger partial charge is 0.122 e. The SMILES string of the molecule is C1CCCCC1.CCC.CCC(C)C=O.Cc1cccc(N)c1. The minimum atomic E-state index is 0.255. The quantitative estimate of drug-likeness (QED) is 0.494. The number of aldehydes is 1. The average molecular weight is 322 g/mol. The highest BCUT2D eigenvalue weighted by Crippen LogP contribution is 2.15. The van der Waals surface area contributed by atoms with E-state index in [1.54, 1.807) is 0 Å². The van der Waals surface area contributed by atoms with Gasteiger partial charge >= 0.3 is 0 Å². The second-order valence-electron chi connectivity index (χ2n) is 6.26. The highest BCUT2D eigenvalue weighted by atomic mass is 16.1. The number of nitrogens with two attached hydrogens (primary N) is 1. The minimum Gasteiger partial charge on any atom is -0.399 e. The Bertz CT molecular complexity index is 330. The van der Waals surface area contributed by atoms with Crippen LogP contribution in [0.3, 0.4) is 0 Å². The van der Waals surface area contributed by atoms with Crippen LogP contribution in [0.4, 0.5) is 5.69 Å². The summed E-state index contributed by atoms with van der Waals surface area (Å²) in [5.74, 6) is 0.255. The molecule has 1 saturated carbocycles. The lowest BCUT2D eigenvalue weighted by Gasteiger charge is -2.05. The first-order chi connectivity index (χ1) is 11.0. The van der Waals surface area contributed by atoms with Crippen LogP contribution in [-0.4, -0.2) is 6.29 Å².